The summed E-state index contributed by atoms with van der Waals surface area (Å²) in [5.74, 6) is -2.48. The van der Waals surface area contributed by atoms with E-state index in [2.05, 4.69) is 10.3 Å². The van der Waals surface area contributed by atoms with Gasteiger partial charge in [-0.2, -0.15) is 8.78 Å². The van der Waals surface area contributed by atoms with Crippen molar-refractivity contribution in [1.29, 1.82) is 0 Å². The summed E-state index contributed by atoms with van der Waals surface area (Å²) in [7, 11) is 0. The van der Waals surface area contributed by atoms with Crippen LogP contribution in [0, 0.1) is 0 Å². The summed E-state index contributed by atoms with van der Waals surface area (Å²) >= 11 is 6.00. The van der Waals surface area contributed by atoms with E-state index >= 15 is 0 Å². The Hall–Kier alpha value is -1.86. The van der Waals surface area contributed by atoms with Crippen LogP contribution in [0.5, 0.6) is 5.75 Å². The minimum atomic E-state index is -2.63. The van der Waals surface area contributed by atoms with Gasteiger partial charge in [0.15, 0.2) is 0 Å². The first-order chi connectivity index (χ1) is 11.1. The second kappa shape index (κ2) is 8.69. The number of aromatic nitrogens is 1. The molecule has 0 saturated carbocycles. The third-order valence-electron chi connectivity index (χ3n) is 2.69. The fourth-order valence-electron chi connectivity index (χ4n) is 1.70. The van der Waals surface area contributed by atoms with Crippen molar-refractivity contribution in [3.63, 3.8) is 0 Å². The lowest BCUT2D eigenvalue weighted by Crippen LogP contribution is -2.28. The molecule has 1 aromatic carbocycles. The molecule has 2 rings (SSSR count). The van der Waals surface area contributed by atoms with Crippen molar-refractivity contribution in [2.45, 2.75) is 10.8 Å². The van der Waals surface area contributed by atoms with E-state index in [1.807, 2.05) is 0 Å². The fraction of sp³-hybridized carbons (Fsp3) is 0.200. The zero-order valence-corrected chi connectivity index (χ0v) is 13.4. The smallest absolute Gasteiger partial charge is 0.290 e. The molecular weight excluding hydrogens is 346 g/mol. The Morgan fingerprint density at radius 1 is 1.30 bits per heavy atom. The molecule has 8 heteroatoms. The summed E-state index contributed by atoms with van der Waals surface area (Å²) in [6.07, 6.45) is 1.37. The number of halogens is 3. The predicted octanol–water partition coefficient (Wildman–Crippen LogP) is 3.86. The Morgan fingerprint density at radius 3 is 2.74 bits per heavy atom. The van der Waals surface area contributed by atoms with Crippen LogP contribution in [0.15, 0.2) is 47.6 Å². The molecule has 1 amide bonds. The van der Waals surface area contributed by atoms with Crippen LogP contribution in [0.4, 0.5) is 8.78 Å². The molecule has 0 unspecified atom stereocenters. The van der Waals surface area contributed by atoms with E-state index in [0.29, 0.717) is 10.8 Å². The minimum Gasteiger partial charge on any atom is -0.492 e. The number of nitrogens with zero attached hydrogens (tertiary/aromatic N) is 1. The maximum absolute atomic E-state index is 12.4. The van der Waals surface area contributed by atoms with Crippen molar-refractivity contribution in [1.82, 2.24) is 10.3 Å². The zero-order valence-electron chi connectivity index (χ0n) is 11.8. The highest BCUT2D eigenvalue weighted by molar-refractivity contribution is 7.99. The van der Waals surface area contributed by atoms with Gasteiger partial charge in [-0.15, -0.1) is 0 Å². The monoisotopic (exact) mass is 358 g/mol. The lowest BCUT2D eigenvalue weighted by molar-refractivity contribution is 0.0943. The average molecular weight is 359 g/mol. The Morgan fingerprint density at radius 2 is 2.04 bits per heavy atom. The molecule has 0 bridgehead atoms. The molecule has 0 fully saturated rings. The average Bonchev–Trinajstić information content (AvgIpc) is 2.53. The van der Waals surface area contributed by atoms with Gasteiger partial charge in [-0.05, 0) is 48.2 Å². The van der Waals surface area contributed by atoms with Crippen LogP contribution in [0.2, 0.25) is 5.02 Å². The normalized spacial score (nSPS) is 10.6. The highest BCUT2D eigenvalue weighted by atomic mass is 35.5. The molecule has 0 aliphatic carbocycles. The molecular formula is C15H13ClF2N2O2S. The molecule has 1 N–H and O–H groups in total. The standard InChI is InChI=1S/C15H13ClF2N2O2S/c16-10-3-5-11(6-4-10)22-9-8-19-13(21)12-2-1-7-20-14(12)23-15(17)18/h1-7,15H,8-9H2,(H,19,21). The van der Waals surface area contributed by atoms with Crippen molar-refractivity contribution in [3.05, 3.63) is 53.2 Å². The van der Waals surface area contributed by atoms with Gasteiger partial charge in [0.1, 0.15) is 17.4 Å². The second-order valence-corrected chi connectivity index (χ2v) is 5.71. The summed E-state index contributed by atoms with van der Waals surface area (Å²) in [5.41, 5.74) is 0.115. The molecule has 122 valence electrons. The number of alkyl halides is 2. The van der Waals surface area contributed by atoms with Crippen LogP contribution in [-0.2, 0) is 0 Å². The first kappa shape index (κ1) is 17.5. The largest absolute Gasteiger partial charge is 0.492 e. The van der Waals surface area contributed by atoms with Crippen LogP contribution in [-0.4, -0.2) is 29.8 Å². The Labute approximate surface area is 141 Å². The molecule has 0 aliphatic heterocycles. The van der Waals surface area contributed by atoms with Crippen LogP contribution in [0.25, 0.3) is 0 Å². The molecule has 0 spiro atoms. The van der Waals surface area contributed by atoms with Gasteiger partial charge >= 0.3 is 0 Å². The first-order valence-electron chi connectivity index (χ1n) is 6.62. The van der Waals surface area contributed by atoms with Gasteiger partial charge in [0, 0.05) is 11.2 Å². The quantitative estimate of drug-likeness (QED) is 0.603. The van der Waals surface area contributed by atoms with Gasteiger partial charge in [0.05, 0.1) is 12.1 Å². The lowest BCUT2D eigenvalue weighted by atomic mass is 10.2. The fourth-order valence-corrected chi connectivity index (χ4v) is 2.41. The van der Waals surface area contributed by atoms with Crippen LogP contribution in [0.3, 0.4) is 0 Å². The van der Waals surface area contributed by atoms with Crippen molar-refractivity contribution < 1.29 is 18.3 Å². The zero-order chi connectivity index (χ0) is 16.7. The summed E-state index contributed by atoms with van der Waals surface area (Å²) in [6.45, 7) is 0.472. The molecule has 1 heterocycles. The Bertz CT molecular complexity index is 656. The molecule has 2 aromatic rings. The summed E-state index contributed by atoms with van der Waals surface area (Å²) in [6, 6.07) is 9.78. The first-order valence-corrected chi connectivity index (χ1v) is 7.88. The van der Waals surface area contributed by atoms with Crippen LogP contribution in [0.1, 0.15) is 10.4 Å². The van der Waals surface area contributed by atoms with Crippen molar-refractivity contribution >= 4 is 29.3 Å². The molecule has 0 atom stereocenters. The molecule has 0 saturated heterocycles. The number of carbonyl (C=O) groups is 1. The number of benzene rings is 1. The summed E-state index contributed by atoms with van der Waals surface area (Å²) in [4.78, 5) is 15.8. The molecule has 0 radical (unpaired) electrons. The minimum absolute atomic E-state index is 0.00128. The lowest BCUT2D eigenvalue weighted by Gasteiger charge is -2.10. The van der Waals surface area contributed by atoms with Gasteiger partial charge in [0.25, 0.3) is 11.7 Å². The molecule has 1 aromatic heterocycles. The SMILES string of the molecule is O=C(NCCOc1ccc(Cl)cc1)c1cccnc1SC(F)F. The third kappa shape index (κ3) is 5.69. The third-order valence-corrected chi connectivity index (χ3v) is 3.67. The number of thioether (sulfide) groups is 1. The van der Waals surface area contributed by atoms with E-state index in [0.717, 1.165) is 0 Å². The number of hydrogen-bond acceptors (Lipinski definition) is 4. The van der Waals surface area contributed by atoms with Gasteiger partial charge in [-0.3, -0.25) is 4.79 Å². The molecule has 4 nitrogen and oxygen atoms in total. The Balaban J connectivity index is 1.84. The number of rotatable bonds is 7. The van der Waals surface area contributed by atoms with Gasteiger partial charge in [0.2, 0.25) is 0 Å². The number of hydrogen-bond donors (Lipinski definition) is 1. The van der Waals surface area contributed by atoms with Gasteiger partial charge < -0.3 is 10.1 Å². The predicted molar refractivity (Wildman–Crippen MR) is 85.4 cm³/mol. The number of pyridine rings is 1. The van der Waals surface area contributed by atoms with Crippen molar-refractivity contribution in [2.75, 3.05) is 13.2 Å². The Kier molecular flexibility index (Phi) is 6.61. The number of nitrogens with one attached hydrogen (secondary N) is 1. The highest BCUT2D eigenvalue weighted by Gasteiger charge is 2.16. The maximum atomic E-state index is 12.4. The van der Waals surface area contributed by atoms with Crippen LogP contribution >= 0.6 is 23.4 Å². The highest BCUT2D eigenvalue weighted by Crippen LogP contribution is 2.26. The van der Waals surface area contributed by atoms with Crippen molar-refractivity contribution in [2.24, 2.45) is 0 Å². The topological polar surface area (TPSA) is 51.2 Å². The molecule has 23 heavy (non-hydrogen) atoms. The number of carbonyl (C=O) groups excluding carboxylic acids is 1. The number of amides is 1. The van der Waals surface area contributed by atoms with E-state index in [9.17, 15) is 13.6 Å². The molecule has 0 aliphatic rings. The van der Waals surface area contributed by atoms with E-state index in [1.165, 1.54) is 18.3 Å². The summed E-state index contributed by atoms with van der Waals surface area (Å²) < 4.78 is 30.3. The van der Waals surface area contributed by atoms with E-state index in [1.54, 1.807) is 24.3 Å². The number of ether oxygens (including phenoxy) is 1. The summed E-state index contributed by atoms with van der Waals surface area (Å²) in [5, 5.41) is 3.21. The second-order valence-electron chi connectivity index (χ2n) is 4.29. The van der Waals surface area contributed by atoms with E-state index < -0.39 is 11.7 Å². The van der Waals surface area contributed by atoms with Crippen LogP contribution < -0.4 is 10.1 Å². The van der Waals surface area contributed by atoms with E-state index in [-0.39, 0.29) is 35.5 Å². The van der Waals surface area contributed by atoms with Crippen molar-refractivity contribution in [3.8, 4) is 5.75 Å². The van der Waals surface area contributed by atoms with Gasteiger partial charge in [-0.25, -0.2) is 4.98 Å². The van der Waals surface area contributed by atoms with Gasteiger partial charge in [-0.1, -0.05) is 11.6 Å². The maximum Gasteiger partial charge on any atom is 0.290 e. The van der Waals surface area contributed by atoms with E-state index in [4.69, 9.17) is 16.3 Å².